The highest BCUT2D eigenvalue weighted by atomic mass is 16.2. The summed E-state index contributed by atoms with van der Waals surface area (Å²) in [6, 6.07) is -8.74. The van der Waals surface area contributed by atoms with Crippen molar-refractivity contribution in [1.29, 1.82) is 0 Å². The average molecular weight is 1220 g/mol. The van der Waals surface area contributed by atoms with Crippen LogP contribution < -0.4 is 71.2 Å². The summed E-state index contributed by atoms with van der Waals surface area (Å²) in [5.74, 6) is -6.82. The molecular weight excluding hydrogens is 1090 g/mol. The summed E-state index contributed by atoms with van der Waals surface area (Å²) in [6.45, 7) is 18.4. The molecule has 0 radical (unpaired) electrons. The number of carbonyl (C=O) groups is 9. The molecule has 500 valence electrons. The molecule has 0 aromatic rings. The molecule has 0 fully saturated rings. The molecule has 9 amide bonds. The van der Waals surface area contributed by atoms with Crippen molar-refractivity contribution in [2.75, 3.05) is 26.2 Å². The summed E-state index contributed by atoms with van der Waals surface area (Å²) in [7, 11) is 0. The summed E-state index contributed by atoms with van der Waals surface area (Å²) < 4.78 is 0. The van der Waals surface area contributed by atoms with E-state index >= 15 is 0 Å². The number of rotatable bonds is 54. The summed E-state index contributed by atoms with van der Waals surface area (Å²) in [4.78, 5) is 126. The molecular formula is C64H125N13O9. The minimum atomic E-state index is -1.19. The fraction of sp³-hybridized carbons (Fsp3) is 0.859. The Balaban J connectivity index is 6.52. The molecule has 0 rings (SSSR count). The largest absolute Gasteiger partial charge is 0.368 e. The highest BCUT2D eigenvalue weighted by Gasteiger charge is 2.38. The molecule has 0 bridgehead atoms. The van der Waals surface area contributed by atoms with Crippen LogP contribution in [0, 0.1) is 23.7 Å². The molecule has 18 N–H and O–H groups in total. The van der Waals surface area contributed by atoms with Crippen LogP contribution in [-0.4, -0.2) is 128 Å². The molecule has 12 atom stereocenters. The number of amides is 9. The number of primary amides is 1. The van der Waals surface area contributed by atoms with Gasteiger partial charge in [0.1, 0.15) is 48.3 Å². The molecule has 0 saturated carbocycles. The summed E-state index contributed by atoms with van der Waals surface area (Å²) >= 11 is 0. The fourth-order valence-electron chi connectivity index (χ4n) is 10.2. The van der Waals surface area contributed by atoms with Crippen molar-refractivity contribution in [3.05, 3.63) is 0 Å². The van der Waals surface area contributed by atoms with E-state index in [1.165, 1.54) is 57.8 Å². The Bertz CT molecular complexity index is 1920. The lowest BCUT2D eigenvalue weighted by Gasteiger charge is -2.31. The second kappa shape index (κ2) is 50.0. The van der Waals surface area contributed by atoms with Gasteiger partial charge in [0.25, 0.3) is 0 Å². The standard InChI is InChI=1S/C64H125N13O9/c1-10-15-16-17-18-19-20-21-22-23-24-25-26-39-52(78)74-53(44(6)11-2)61(83)71-49(36-28-32-41-66)58(80)76-55(46(8)13-4)63(85)73-51(38-30-34-43-68)60(82)77-56(47(9)14-5)64(86)72-50(37-29-33-42-67)59(81)75-54(45(7)12-3)62(84)70-48(57(69)79)35-27-31-40-65/h44-51,53-56H,10-43,65-68H2,1-9H3,(H2,69,79)(H,70,84)(H,71,83)(H,72,86)(H,73,85)(H,74,78)(H,75,81)(H,76,80)(H,77,82)/t44-,45-,46-,47-,48-,49-,50-,51-,53-,54-,55-,56-/m0/s1. The Labute approximate surface area is 518 Å². The summed E-state index contributed by atoms with van der Waals surface area (Å²) in [6.07, 6.45) is 22.6. The van der Waals surface area contributed by atoms with E-state index in [9.17, 15) is 43.2 Å². The van der Waals surface area contributed by atoms with Crippen LogP contribution in [0.3, 0.4) is 0 Å². The van der Waals surface area contributed by atoms with Crippen LogP contribution in [0.25, 0.3) is 0 Å². The Kier molecular flexibility index (Phi) is 47.1. The molecule has 22 nitrogen and oxygen atoms in total. The zero-order valence-corrected chi connectivity index (χ0v) is 55.0. The monoisotopic (exact) mass is 1220 g/mol. The van der Waals surface area contributed by atoms with Crippen molar-refractivity contribution in [2.24, 2.45) is 52.3 Å². The van der Waals surface area contributed by atoms with Gasteiger partial charge >= 0.3 is 0 Å². The quantitative estimate of drug-likeness (QED) is 0.0334. The van der Waals surface area contributed by atoms with E-state index in [1.54, 1.807) is 20.8 Å². The topological polar surface area (TPSA) is 380 Å². The maximum atomic E-state index is 14.6. The molecule has 0 unspecified atom stereocenters. The number of carbonyl (C=O) groups excluding carboxylic acids is 9. The minimum absolute atomic E-state index is 0.136. The van der Waals surface area contributed by atoms with E-state index in [1.807, 2.05) is 34.6 Å². The second-order valence-corrected chi connectivity index (χ2v) is 24.3. The first-order valence-corrected chi connectivity index (χ1v) is 33.7. The maximum Gasteiger partial charge on any atom is 0.243 e. The van der Waals surface area contributed by atoms with E-state index in [0.717, 1.165) is 19.3 Å². The lowest BCUT2D eigenvalue weighted by Crippen LogP contribution is -2.62. The van der Waals surface area contributed by atoms with Gasteiger partial charge in [0.15, 0.2) is 0 Å². The molecule has 0 aliphatic rings. The molecule has 0 aromatic heterocycles. The van der Waals surface area contributed by atoms with Gasteiger partial charge < -0.3 is 71.2 Å². The normalized spacial score (nSPS) is 15.6. The van der Waals surface area contributed by atoms with Gasteiger partial charge in [0, 0.05) is 6.42 Å². The minimum Gasteiger partial charge on any atom is -0.368 e. The molecule has 0 heterocycles. The van der Waals surface area contributed by atoms with Crippen LogP contribution in [0.1, 0.15) is 255 Å². The molecule has 0 aliphatic carbocycles. The highest BCUT2D eigenvalue weighted by molar-refractivity contribution is 5.98. The van der Waals surface area contributed by atoms with Crippen LogP contribution in [0.5, 0.6) is 0 Å². The van der Waals surface area contributed by atoms with E-state index in [0.29, 0.717) is 110 Å². The number of unbranched alkanes of at least 4 members (excludes halogenated alkanes) is 16. The van der Waals surface area contributed by atoms with E-state index < -0.39 is 107 Å². The first-order valence-electron chi connectivity index (χ1n) is 33.7. The van der Waals surface area contributed by atoms with Crippen molar-refractivity contribution in [3.63, 3.8) is 0 Å². The van der Waals surface area contributed by atoms with Crippen molar-refractivity contribution < 1.29 is 43.2 Å². The third kappa shape index (κ3) is 34.6. The zero-order chi connectivity index (χ0) is 64.8. The van der Waals surface area contributed by atoms with E-state index in [4.69, 9.17) is 28.7 Å². The number of nitrogens with two attached hydrogens (primary N) is 5. The van der Waals surface area contributed by atoms with Gasteiger partial charge in [-0.15, -0.1) is 0 Å². The van der Waals surface area contributed by atoms with Gasteiger partial charge in [0.05, 0.1) is 0 Å². The molecule has 86 heavy (non-hydrogen) atoms. The zero-order valence-electron chi connectivity index (χ0n) is 55.0. The fourth-order valence-corrected chi connectivity index (χ4v) is 10.2. The smallest absolute Gasteiger partial charge is 0.243 e. The van der Waals surface area contributed by atoms with Crippen molar-refractivity contribution in [1.82, 2.24) is 42.5 Å². The Hall–Kier alpha value is -4.93. The lowest BCUT2D eigenvalue weighted by atomic mass is 9.95. The number of nitrogens with one attached hydrogen (secondary N) is 8. The third-order valence-electron chi connectivity index (χ3n) is 17.0. The van der Waals surface area contributed by atoms with Crippen LogP contribution in [0.2, 0.25) is 0 Å². The third-order valence-corrected chi connectivity index (χ3v) is 17.0. The number of hydrogen-bond acceptors (Lipinski definition) is 13. The highest BCUT2D eigenvalue weighted by Crippen LogP contribution is 2.18. The van der Waals surface area contributed by atoms with Crippen LogP contribution in [0.4, 0.5) is 0 Å². The van der Waals surface area contributed by atoms with Gasteiger partial charge in [0.2, 0.25) is 53.2 Å². The first kappa shape index (κ1) is 81.1. The van der Waals surface area contributed by atoms with Crippen LogP contribution >= 0.6 is 0 Å². The Morgan fingerprint density at radius 3 is 0.791 bits per heavy atom. The lowest BCUT2D eigenvalue weighted by molar-refractivity contribution is -0.137. The summed E-state index contributed by atoms with van der Waals surface area (Å²) in [5.41, 5.74) is 28.8. The molecule has 0 aliphatic heterocycles. The molecule has 22 heteroatoms. The van der Waals surface area contributed by atoms with Crippen LogP contribution in [0.15, 0.2) is 0 Å². The van der Waals surface area contributed by atoms with E-state index in [2.05, 4.69) is 49.5 Å². The Morgan fingerprint density at radius 1 is 0.291 bits per heavy atom. The van der Waals surface area contributed by atoms with Gasteiger partial charge in [-0.25, -0.2) is 0 Å². The van der Waals surface area contributed by atoms with Gasteiger partial charge in [-0.1, -0.05) is 165 Å². The molecule has 0 spiro atoms. The number of hydrogen-bond donors (Lipinski definition) is 13. The second-order valence-electron chi connectivity index (χ2n) is 24.3. The van der Waals surface area contributed by atoms with Gasteiger partial charge in [-0.2, -0.15) is 0 Å². The predicted molar refractivity (Wildman–Crippen MR) is 344 cm³/mol. The maximum absolute atomic E-state index is 14.6. The van der Waals surface area contributed by atoms with Gasteiger partial charge in [-0.05, 0) is 133 Å². The van der Waals surface area contributed by atoms with Crippen molar-refractivity contribution in [2.45, 2.75) is 303 Å². The van der Waals surface area contributed by atoms with Crippen LogP contribution in [-0.2, 0) is 43.2 Å². The van der Waals surface area contributed by atoms with Crippen molar-refractivity contribution >= 4 is 53.2 Å². The van der Waals surface area contributed by atoms with Crippen molar-refractivity contribution in [3.8, 4) is 0 Å². The average Bonchev–Trinajstić information content (AvgIpc) is 3.55. The molecule has 0 saturated heterocycles. The summed E-state index contributed by atoms with van der Waals surface area (Å²) in [5, 5.41) is 22.9. The molecule has 0 aromatic carbocycles. The first-order chi connectivity index (χ1) is 41.2. The van der Waals surface area contributed by atoms with Gasteiger partial charge in [-0.3, -0.25) is 43.2 Å². The SMILES string of the molecule is CCCCCCCCCCCCCCCC(=O)N[C@H](C(=O)N[C@@H](CCCCN)C(=O)N[C@H](C(=O)N[C@@H](CCCCN)C(=O)N[C@H](C(=O)N[C@@H](CCCCN)C(=O)N[C@H](C(=O)N[C@@H](CCCCN)C(N)=O)[C@@H](C)CC)[C@@H](C)CC)[C@@H](C)CC)[C@@H](C)CC. The van der Waals surface area contributed by atoms with E-state index in [-0.39, 0.29) is 49.8 Å². The predicted octanol–water partition coefficient (Wildman–Crippen LogP) is 5.53. The Morgan fingerprint density at radius 2 is 0.535 bits per heavy atom.